The van der Waals surface area contributed by atoms with E-state index in [1.807, 2.05) is 0 Å². The molecule has 0 nitrogen and oxygen atoms in total. The standard InChI is InChI=1S/C43H43.C12H11Si.2ClH.Zr/c1-8-13-28-25-37-34(33-17-11-15-27-14-9-10-16-31(27)33)18-12-19-36(37)40(28)41-38-26-29-24-30(42(2,3)4)20-21-32(29)35(38)22-23-39(41)43(5,6)7;1-3-7-11(8-4-1)13-12-9-5-2-6-10-12;;;/h9-12,14-22,24-25,40H,8,13,26H2,1-7H3;1-10,13H;2*1H;/q-1;;;;+3/p-2. The quantitative estimate of drug-likeness (QED) is 0.126. The maximum Gasteiger partial charge on any atom is 3.00 e. The Bertz CT molecular complexity index is 2520. The number of hydrogen-bond donors (Lipinski definition) is 0. The van der Waals surface area contributed by atoms with Crippen LogP contribution < -0.4 is 35.2 Å². The van der Waals surface area contributed by atoms with Gasteiger partial charge in [-0.3, -0.25) is 0 Å². The SMILES string of the molecule is CCCC1=Cc2c(-c3cccc4ccccc34)cccc2C1c1c(C(C)(C)C)[c-]cc2c1Cc1cc(C(C)(C)C)ccc1-2.[Cl-].[Cl-].[Zr+3].c1ccc([SiH]c2ccccc2)cc1. The van der Waals surface area contributed by atoms with Crippen molar-refractivity contribution in [3.05, 3.63) is 196 Å². The van der Waals surface area contributed by atoms with Crippen molar-refractivity contribution in [1.82, 2.24) is 0 Å². The van der Waals surface area contributed by atoms with Crippen molar-refractivity contribution in [1.29, 1.82) is 0 Å². The molecule has 2 aliphatic carbocycles. The van der Waals surface area contributed by atoms with E-state index in [9.17, 15) is 0 Å². The van der Waals surface area contributed by atoms with Crippen molar-refractivity contribution in [3.63, 3.8) is 0 Å². The van der Waals surface area contributed by atoms with E-state index in [-0.39, 0.29) is 77.3 Å². The second kappa shape index (κ2) is 19.3. The third-order valence-electron chi connectivity index (χ3n) is 11.7. The predicted octanol–water partition coefficient (Wildman–Crippen LogP) is 6.88. The summed E-state index contributed by atoms with van der Waals surface area (Å²) in [7, 11) is 0.271. The molecule has 0 heterocycles. The molecule has 7 aromatic carbocycles. The first kappa shape index (κ1) is 46.3. The molecule has 4 heteroatoms. The minimum Gasteiger partial charge on any atom is -1.00 e. The Morgan fingerprint density at radius 2 is 1.24 bits per heavy atom. The van der Waals surface area contributed by atoms with Gasteiger partial charge in [0.1, 0.15) is 9.52 Å². The Hall–Kier alpha value is -3.78. The van der Waals surface area contributed by atoms with Crippen molar-refractivity contribution in [2.45, 2.75) is 84.5 Å². The van der Waals surface area contributed by atoms with Gasteiger partial charge in [0.2, 0.25) is 0 Å². The van der Waals surface area contributed by atoms with Crippen LogP contribution in [-0.2, 0) is 43.5 Å². The van der Waals surface area contributed by atoms with Crippen LogP contribution in [0.5, 0.6) is 0 Å². The molecule has 0 saturated heterocycles. The maximum atomic E-state index is 3.88. The molecule has 1 atom stereocenters. The summed E-state index contributed by atoms with van der Waals surface area (Å²) in [6, 6.07) is 57.3. The summed E-state index contributed by atoms with van der Waals surface area (Å²) >= 11 is 0. The van der Waals surface area contributed by atoms with Gasteiger partial charge >= 0.3 is 26.2 Å². The largest absolute Gasteiger partial charge is 3.00 e. The van der Waals surface area contributed by atoms with Crippen LogP contribution in [0.15, 0.2) is 151 Å². The zero-order valence-electron chi connectivity index (χ0n) is 35.5. The van der Waals surface area contributed by atoms with Gasteiger partial charge < -0.3 is 24.8 Å². The first-order valence-corrected chi connectivity index (χ1v) is 21.6. The zero-order valence-corrected chi connectivity index (χ0v) is 40.6. The summed E-state index contributed by atoms with van der Waals surface area (Å²) in [5.41, 5.74) is 17.2. The molecule has 0 saturated carbocycles. The fourth-order valence-electron chi connectivity index (χ4n) is 8.93. The molecule has 0 aromatic heterocycles. The normalized spacial score (nSPS) is 13.7. The van der Waals surface area contributed by atoms with Crippen LogP contribution in [0.3, 0.4) is 0 Å². The summed E-state index contributed by atoms with van der Waals surface area (Å²) < 4.78 is 0. The fraction of sp³-hybridized carbons (Fsp3) is 0.236. The summed E-state index contributed by atoms with van der Waals surface area (Å²) in [6.07, 6.45) is 5.78. The second-order valence-corrected chi connectivity index (χ2v) is 19.3. The summed E-state index contributed by atoms with van der Waals surface area (Å²) in [4.78, 5) is 0. The van der Waals surface area contributed by atoms with Gasteiger partial charge in [0.25, 0.3) is 0 Å². The Morgan fingerprint density at radius 1 is 0.627 bits per heavy atom. The van der Waals surface area contributed by atoms with E-state index in [0.717, 1.165) is 19.3 Å². The van der Waals surface area contributed by atoms with Crippen LogP contribution in [0.2, 0.25) is 0 Å². The molecule has 0 aliphatic heterocycles. The van der Waals surface area contributed by atoms with Crippen LogP contribution >= 0.6 is 0 Å². The first-order chi connectivity index (χ1) is 27.0. The van der Waals surface area contributed by atoms with Crippen molar-refractivity contribution in [3.8, 4) is 22.3 Å². The van der Waals surface area contributed by atoms with Gasteiger partial charge in [-0.25, -0.2) is 0 Å². The van der Waals surface area contributed by atoms with E-state index in [4.69, 9.17) is 0 Å². The fourth-order valence-corrected chi connectivity index (χ4v) is 10.1. The summed E-state index contributed by atoms with van der Waals surface area (Å²) in [5, 5.41) is 5.52. The maximum absolute atomic E-state index is 3.88. The molecule has 2 aliphatic rings. The van der Waals surface area contributed by atoms with Crippen molar-refractivity contribution >= 4 is 36.7 Å². The number of benzene rings is 7. The molecular weight excluding hydrogens is 851 g/mol. The van der Waals surface area contributed by atoms with E-state index >= 15 is 0 Å². The van der Waals surface area contributed by atoms with E-state index in [1.165, 1.54) is 82.3 Å². The van der Waals surface area contributed by atoms with Gasteiger partial charge in [0.05, 0.1) is 0 Å². The molecule has 0 fully saturated rings. The molecule has 2 radical (unpaired) electrons. The van der Waals surface area contributed by atoms with Gasteiger partial charge in [-0.1, -0.05) is 222 Å². The van der Waals surface area contributed by atoms with E-state index in [1.54, 1.807) is 5.57 Å². The Kier molecular flexibility index (Phi) is 15.1. The van der Waals surface area contributed by atoms with Gasteiger partial charge in [-0.2, -0.15) is 17.7 Å². The molecule has 0 N–H and O–H groups in total. The minimum absolute atomic E-state index is 0. The topological polar surface area (TPSA) is 0 Å². The molecule has 59 heavy (non-hydrogen) atoms. The summed E-state index contributed by atoms with van der Waals surface area (Å²) in [5.74, 6) is 0.252. The van der Waals surface area contributed by atoms with Crippen molar-refractivity contribution < 1.29 is 51.0 Å². The number of hydrogen-bond acceptors (Lipinski definition) is 0. The smallest absolute Gasteiger partial charge is 1.00 e. The van der Waals surface area contributed by atoms with Crippen LogP contribution in [-0.4, -0.2) is 9.52 Å². The Labute approximate surface area is 387 Å². The van der Waals surface area contributed by atoms with Crippen molar-refractivity contribution in [2.24, 2.45) is 0 Å². The predicted molar refractivity (Wildman–Crippen MR) is 244 cm³/mol. The molecular formula is C55H54Cl2SiZr. The van der Waals surface area contributed by atoms with Gasteiger partial charge in [0, 0.05) is 0 Å². The third-order valence-corrected chi connectivity index (χ3v) is 13.1. The van der Waals surface area contributed by atoms with Gasteiger partial charge in [-0.05, 0) is 73.7 Å². The number of rotatable bonds is 6. The van der Waals surface area contributed by atoms with Crippen LogP contribution in [0.25, 0.3) is 39.1 Å². The van der Waals surface area contributed by atoms with E-state index in [0.29, 0.717) is 0 Å². The van der Waals surface area contributed by atoms with E-state index in [2.05, 4.69) is 206 Å². The number of allylic oxidation sites excluding steroid dienone is 1. The van der Waals surface area contributed by atoms with Gasteiger partial charge in [0.15, 0.2) is 0 Å². The van der Waals surface area contributed by atoms with E-state index < -0.39 is 0 Å². The molecule has 0 spiro atoms. The Balaban J connectivity index is 0.000000354. The number of halogens is 2. The minimum atomic E-state index is -0.0109. The van der Waals surface area contributed by atoms with Crippen LogP contribution in [0.4, 0.5) is 0 Å². The average Bonchev–Trinajstić information content (AvgIpc) is 3.76. The molecule has 9 rings (SSSR count). The van der Waals surface area contributed by atoms with Crippen LogP contribution in [0, 0.1) is 6.07 Å². The molecule has 0 amide bonds. The van der Waals surface area contributed by atoms with Crippen LogP contribution in [0.1, 0.15) is 106 Å². The third kappa shape index (κ3) is 9.58. The molecule has 7 aromatic rings. The second-order valence-electron chi connectivity index (χ2n) is 17.7. The van der Waals surface area contributed by atoms with Gasteiger partial charge in [-0.15, -0.1) is 16.7 Å². The van der Waals surface area contributed by atoms with Crippen molar-refractivity contribution in [2.75, 3.05) is 0 Å². The Morgan fingerprint density at radius 3 is 1.88 bits per heavy atom. The number of fused-ring (bicyclic) bond motifs is 5. The average molecular weight is 905 g/mol. The molecule has 296 valence electrons. The molecule has 0 bridgehead atoms. The molecule has 1 unspecified atom stereocenters. The first-order valence-electron chi connectivity index (χ1n) is 20.5. The zero-order chi connectivity index (χ0) is 39.0. The monoisotopic (exact) mass is 902 g/mol. The summed E-state index contributed by atoms with van der Waals surface area (Å²) in [6.45, 7) is 16.4.